The second-order valence-corrected chi connectivity index (χ2v) is 11.1. The number of imidazole rings is 1. The first-order valence-electron chi connectivity index (χ1n) is 13.3. The Hall–Kier alpha value is -4.29. The van der Waals surface area contributed by atoms with Gasteiger partial charge >= 0.3 is 11.7 Å². The van der Waals surface area contributed by atoms with E-state index in [4.69, 9.17) is 10.5 Å². The van der Waals surface area contributed by atoms with Crippen LogP contribution in [0.2, 0.25) is 0 Å². The Morgan fingerprint density at radius 3 is 2.46 bits per heavy atom. The van der Waals surface area contributed by atoms with Gasteiger partial charge in [-0.3, -0.25) is 19.2 Å². The summed E-state index contributed by atoms with van der Waals surface area (Å²) in [6.45, 7) is 3.94. The third-order valence-corrected chi connectivity index (χ3v) is 8.32. The van der Waals surface area contributed by atoms with Crippen LogP contribution in [0.15, 0.2) is 53.6 Å². The molecule has 5 N–H and O–H groups in total. The second-order valence-electron chi connectivity index (χ2n) is 11.1. The van der Waals surface area contributed by atoms with E-state index in [0.717, 1.165) is 5.56 Å². The van der Waals surface area contributed by atoms with Gasteiger partial charge in [-0.1, -0.05) is 12.1 Å². The molecule has 0 radical (unpaired) electrons. The summed E-state index contributed by atoms with van der Waals surface area (Å²) in [4.78, 5) is 34.3. The number of carbonyl (C=O) groups is 1. The number of halogens is 1. The molecule has 11 nitrogen and oxygen atoms in total. The number of rotatable bonds is 8. The number of benzene rings is 2. The molecule has 0 spiro atoms. The second kappa shape index (κ2) is 10.6. The van der Waals surface area contributed by atoms with E-state index in [1.54, 1.807) is 35.8 Å². The maximum absolute atomic E-state index is 14.0. The van der Waals surface area contributed by atoms with E-state index in [1.807, 2.05) is 6.92 Å². The lowest BCUT2D eigenvalue weighted by Gasteiger charge is -2.41. The summed E-state index contributed by atoms with van der Waals surface area (Å²) in [5, 5.41) is 23.2. The lowest BCUT2D eigenvalue weighted by Crippen LogP contribution is -2.45. The van der Waals surface area contributed by atoms with Crippen molar-refractivity contribution >= 4 is 23.0 Å². The van der Waals surface area contributed by atoms with E-state index < -0.39 is 29.0 Å². The number of nitrogens with two attached hydrogens (primary N) is 1. The topological polar surface area (TPSA) is 158 Å². The highest BCUT2D eigenvalue weighted by Gasteiger charge is 2.44. The molecule has 1 atom stereocenters. The monoisotopic (exact) mass is 564 g/mol. The average Bonchev–Trinajstić information content (AvgIpc) is 3.27. The van der Waals surface area contributed by atoms with Crippen LogP contribution in [0.1, 0.15) is 56.9 Å². The van der Waals surface area contributed by atoms with Crippen LogP contribution in [0, 0.1) is 11.2 Å². The van der Waals surface area contributed by atoms with Crippen molar-refractivity contribution in [3.63, 3.8) is 0 Å². The van der Waals surface area contributed by atoms with E-state index in [0.29, 0.717) is 48.3 Å². The van der Waals surface area contributed by atoms with Gasteiger partial charge in [0.25, 0.3) is 0 Å². The molecule has 216 valence electrons. The van der Waals surface area contributed by atoms with Crippen molar-refractivity contribution in [2.45, 2.75) is 57.8 Å². The Kier molecular flexibility index (Phi) is 7.30. The van der Waals surface area contributed by atoms with Gasteiger partial charge in [0.05, 0.1) is 18.2 Å². The number of anilines is 1. The summed E-state index contributed by atoms with van der Waals surface area (Å²) in [5.74, 6) is -0.815. The molecule has 2 aromatic heterocycles. The summed E-state index contributed by atoms with van der Waals surface area (Å²) in [6, 6.07) is 11.0. The van der Waals surface area contributed by atoms with Crippen LogP contribution in [0.4, 0.5) is 10.2 Å². The first-order chi connectivity index (χ1) is 19.5. The van der Waals surface area contributed by atoms with E-state index in [2.05, 4.69) is 15.3 Å². The predicted octanol–water partition coefficient (Wildman–Crippen LogP) is 3.47. The molecule has 2 aromatic carbocycles. The first kappa shape index (κ1) is 28.2. The Balaban J connectivity index is 1.44. The van der Waals surface area contributed by atoms with E-state index in [1.165, 1.54) is 36.2 Å². The predicted molar refractivity (Wildman–Crippen MR) is 150 cm³/mol. The molecular formula is C29H33FN6O5. The Bertz CT molecular complexity index is 1660. The number of aliphatic carboxylic acids is 1. The minimum Gasteiger partial charge on any atom is -0.496 e. The molecule has 0 amide bonds. The number of aliphatic hydroxyl groups excluding tert-OH is 1. The molecule has 0 saturated heterocycles. The Morgan fingerprint density at radius 2 is 1.83 bits per heavy atom. The minimum atomic E-state index is -1.17. The zero-order chi connectivity index (χ0) is 29.5. The summed E-state index contributed by atoms with van der Waals surface area (Å²) < 4.78 is 22.1. The normalized spacial score (nSPS) is 21.6. The molecule has 1 aliphatic carbocycles. The van der Waals surface area contributed by atoms with Crippen molar-refractivity contribution in [3.8, 4) is 11.4 Å². The van der Waals surface area contributed by atoms with Gasteiger partial charge in [-0.15, -0.1) is 0 Å². The van der Waals surface area contributed by atoms with Crippen molar-refractivity contribution in [3.05, 3.63) is 76.2 Å². The fraction of sp³-hybridized carbons (Fsp3) is 0.379. The number of hydrogen-bond acceptors (Lipinski definition) is 8. The number of carboxylic acids is 1. The van der Waals surface area contributed by atoms with Gasteiger partial charge in [0, 0.05) is 17.6 Å². The van der Waals surface area contributed by atoms with Crippen LogP contribution in [-0.2, 0) is 16.9 Å². The van der Waals surface area contributed by atoms with Gasteiger partial charge in [-0.2, -0.15) is 0 Å². The number of hydrogen-bond donors (Lipinski definition) is 4. The molecule has 0 bridgehead atoms. The van der Waals surface area contributed by atoms with Crippen LogP contribution in [-0.4, -0.2) is 42.4 Å². The van der Waals surface area contributed by atoms with Gasteiger partial charge in [0.1, 0.15) is 29.6 Å². The number of fused-ring (bicyclic) bond motifs is 1. The van der Waals surface area contributed by atoms with Gasteiger partial charge in [0.2, 0.25) is 0 Å². The number of aliphatic hydroxyl groups is 1. The summed E-state index contributed by atoms with van der Waals surface area (Å²) in [7, 11) is 1.45. The fourth-order valence-electron chi connectivity index (χ4n) is 5.56. The van der Waals surface area contributed by atoms with Gasteiger partial charge in [0.15, 0.2) is 11.5 Å². The smallest absolute Gasteiger partial charge is 0.335 e. The molecule has 0 aliphatic heterocycles. The molecule has 1 unspecified atom stereocenters. The highest BCUT2D eigenvalue weighted by Crippen LogP contribution is 2.45. The maximum atomic E-state index is 14.0. The molecule has 41 heavy (non-hydrogen) atoms. The third kappa shape index (κ3) is 5.04. The number of aromatic nitrogens is 4. The zero-order valence-corrected chi connectivity index (χ0v) is 23.1. The summed E-state index contributed by atoms with van der Waals surface area (Å²) >= 11 is 0. The van der Waals surface area contributed by atoms with Crippen molar-refractivity contribution in [2.75, 3.05) is 12.8 Å². The van der Waals surface area contributed by atoms with Crippen molar-refractivity contribution < 1.29 is 24.1 Å². The van der Waals surface area contributed by atoms with E-state index >= 15 is 0 Å². The summed E-state index contributed by atoms with van der Waals surface area (Å²) in [6.07, 6.45) is 1.97. The Morgan fingerprint density at radius 1 is 1.15 bits per heavy atom. The zero-order valence-electron chi connectivity index (χ0n) is 23.1. The molecule has 1 fully saturated rings. The molecule has 5 rings (SSSR count). The van der Waals surface area contributed by atoms with Gasteiger partial charge in [-0.25, -0.2) is 19.2 Å². The Labute approximate surface area is 235 Å². The number of nitrogens with one attached hydrogen (secondary N) is 1. The van der Waals surface area contributed by atoms with Crippen LogP contribution >= 0.6 is 0 Å². The minimum absolute atomic E-state index is 0.151. The number of methoxy groups -OCH3 is 1. The number of ether oxygens (including phenoxy) is 1. The molecule has 1 saturated carbocycles. The number of nitrogen functional groups attached to an aromatic ring is 1. The SMILES string of the molecule is COc1ccc(F)cc1C(O)NCc1ccc(-n2c(=O)n(C3(C)CCC(C)(C(=O)O)CC3)c3ncnc(N)c32)cc1. The van der Waals surface area contributed by atoms with Crippen molar-refractivity contribution in [1.82, 2.24) is 24.4 Å². The van der Waals surface area contributed by atoms with E-state index in [-0.39, 0.29) is 23.6 Å². The van der Waals surface area contributed by atoms with Gasteiger partial charge in [-0.05, 0) is 75.4 Å². The van der Waals surface area contributed by atoms with Crippen LogP contribution in [0.5, 0.6) is 5.75 Å². The highest BCUT2D eigenvalue weighted by molar-refractivity contribution is 5.84. The van der Waals surface area contributed by atoms with Gasteiger partial charge < -0.3 is 20.7 Å². The fourth-order valence-corrected chi connectivity index (χ4v) is 5.56. The maximum Gasteiger partial charge on any atom is 0.335 e. The molecule has 4 aromatic rings. The number of carboxylic acid groups (broad SMARTS) is 1. The largest absolute Gasteiger partial charge is 0.496 e. The van der Waals surface area contributed by atoms with Crippen LogP contribution < -0.4 is 21.5 Å². The summed E-state index contributed by atoms with van der Waals surface area (Å²) in [5.41, 5.74) is 6.81. The first-order valence-corrected chi connectivity index (χ1v) is 13.3. The lowest BCUT2D eigenvalue weighted by atomic mass is 9.69. The lowest BCUT2D eigenvalue weighted by molar-refractivity contribution is -0.151. The van der Waals surface area contributed by atoms with E-state index in [9.17, 15) is 24.2 Å². The van der Waals surface area contributed by atoms with Crippen LogP contribution in [0.3, 0.4) is 0 Å². The quantitative estimate of drug-likeness (QED) is 0.235. The standard InChI is InChI=1S/C29H33FN6O5/c1-28(26(38)39)10-12-29(2,13-11-28)36-24-22(23(31)33-16-34-24)35(27(36)40)19-7-4-17(5-8-19)15-32-25(37)20-14-18(30)6-9-21(20)41-3/h4-9,14,16,25,32,37H,10-13,15H2,1-3H3,(H,38,39)(H2,31,33,34). The number of nitrogens with zero attached hydrogens (tertiary/aromatic N) is 4. The molecule has 2 heterocycles. The van der Waals surface area contributed by atoms with Crippen molar-refractivity contribution in [2.24, 2.45) is 5.41 Å². The average molecular weight is 565 g/mol. The third-order valence-electron chi connectivity index (χ3n) is 8.32. The van der Waals surface area contributed by atoms with Crippen LogP contribution in [0.25, 0.3) is 16.9 Å². The highest BCUT2D eigenvalue weighted by atomic mass is 19.1. The molecular weight excluding hydrogens is 531 g/mol. The van der Waals surface area contributed by atoms with Crippen molar-refractivity contribution in [1.29, 1.82) is 0 Å². The molecule has 1 aliphatic rings. The molecule has 12 heteroatoms.